The topological polar surface area (TPSA) is 80.2 Å². The number of benzene rings is 2. The largest absolute Gasteiger partial charge is 0.491 e. The van der Waals surface area contributed by atoms with Crippen LogP contribution >= 0.6 is 11.3 Å². The van der Waals surface area contributed by atoms with Gasteiger partial charge < -0.3 is 15.2 Å². The van der Waals surface area contributed by atoms with Gasteiger partial charge in [-0.15, -0.1) is 11.3 Å². The molecule has 2 aromatic heterocycles. The van der Waals surface area contributed by atoms with Crippen LogP contribution in [0, 0.1) is 6.92 Å². The van der Waals surface area contributed by atoms with Crippen molar-refractivity contribution in [2.24, 2.45) is 0 Å². The summed E-state index contributed by atoms with van der Waals surface area (Å²) in [7, 11) is 0. The lowest BCUT2D eigenvalue weighted by molar-refractivity contribution is 0.0284. The second-order valence-electron chi connectivity index (χ2n) is 8.26. The minimum Gasteiger partial charge on any atom is -0.491 e. The molecule has 0 aliphatic carbocycles. The van der Waals surface area contributed by atoms with E-state index in [0.29, 0.717) is 5.82 Å². The number of thiazole rings is 1. The summed E-state index contributed by atoms with van der Waals surface area (Å²) >= 11 is 1.62. The first-order valence-corrected chi connectivity index (χ1v) is 11.1. The molecule has 2 heterocycles. The second-order valence-corrected chi connectivity index (χ2v) is 9.15. The Labute approximate surface area is 186 Å². The molecule has 2 N–H and O–H groups in total. The fourth-order valence-corrected chi connectivity index (χ4v) is 3.96. The van der Waals surface area contributed by atoms with Crippen molar-refractivity contribution in [1.29, 1.82) is 0 Å². The number of nitrogens with one attached hydrogen (secondary N) is 1. The molecule has 0 radical (unpaired) electrons. The molecule has 160 valence electrons. The van der Waals surface area contributed by atoms with E-state index < -0.39 is 5.60 Å². The van der Waals surface area contributed by atoms with Crippen LogP contribution in [0.1, 0.15) is 38.2 Å². The Morgan fingerprint density at radius 1 is 1.13 bits per heavy atom. The van der Waals surface area contributed by atoms with Gasteiger partial charge in [-0.3, -0.25) is 0 Å². The summed E-state index contributed by atoms with van der Waals surface area (Å²) in [5.41, 5.74) is 4.96. The van der Waals surface area contributed by atoms with Crippen molar-refractivity contribution in [3.05, 3.63) is 65.4 Å². The summed E-state index contributed by atoms with van der Waals surface area (Å²) in [6, 6.07) is 16.0. The molecular formula is C24H26N4O2S. The minimum absolute atomic E-state index is 0.0109. The van der Waals surface area contributed by atoms with Gasteiger partial charge in [0.15, 0.2) is 0 Å². The lowest BCUT2D eigenvalue weighted by Gasteiger charge is -2.20. The number of ether oxygens (including phenoxy) is 1. The fraction of sp³-hybridized carbons (Fsp3) is 0.292. The molecule has 0 aliphatic heterocycles. The fourth-order valence-electron chi connectivity index (χ4n) is 3.24. The molecule has 1 unspecified atom stereocenters. The highest BCUT2D eigenvalue weighted by atomic mass is 32.1. The summed E-state index contributed by atoms with van der Waals surface area (Å²) < 4.78 is 6.87. The van der Waals surface area contributed by atoms with E-state index in [-0.39, 0.29) is 12.6 Å². The molecule has 0 bridgehead atoms. The van der Waals surface area contributed by atoms with Crippen LogP contribution in [0.2, 0.25) is 0 Å². The third-order valence-electron chi connectivity index (χ3n) is 4.78. The van der Waals surface area contributed by atoms with E-state index >= 15 is 0 Å². The highest BCUT2D eigenvalue weighted by Crippen LogP contribution is 2.28. The summed E-state index contributed by atoms with van der Waals surface area (Å²) in [4.78, 5) is 13.5. The number of nitrogens with zero attached hydrogens (tertiary/aromatic N) is 3. The predicted molar refractivity (Wildman–Crippen MR) is 126 cm³/mol. The van der Waals surface area contributed by atoms with Crippen LogP contribution in [-0.2, 0) is 0 Å². The molecular weight excluding hydrogens is 408 g/mol. The third-order valence-corrected chi connectivity index (χ3v) is 5.57. The summed E-state index contributed by atoms with van der Waals surface area (Å²) in [6.07, 6.45) is 0. The van der Waals surface area contributed by atoms with Gasteiger partial charge in [0.05, 0.1) is 33.1 Å². The van der Waals surface area contributed by atoms with E-state index in [1.807, 2.05) is 54.9 Å². The van der Waals surface area contributed by atoms with Crippen molar-refractivity contribution < 1.29 is 9.84 Å². The van der Waals surface area contributed by atoms with Crippen LogP contribution in [-0.4, -0.2) is 32.3 Å². The van der Waals surface area contributed by atoms with Gasteiger partial charge in [-0.25, -0.2) is 15.0 Å². The first kappa shape index (κ1) is 21.2. The van der Waals surface area contributed by atoms with E-state index in [0.717, 1.165) is 38.6 Å². The number of aromatic nitrogens is 3. The SMILES string of the molecule is Cc1nc(NC(C)c2cccc(OCC(C)(C)O)c2)cc(-c2ccc3ncsc3c2)n1. The smallest absolute Gasteiger partial charge is 0.130 e. The minimum atomic E-state index is -0.878. The van der Waals surface area contributed by atoms with Gasteiger partial charge in [0.1, 0.15) is 24.0 Å². The second kappa shape index (κ2) is 8.61. The maximum Gasteiger partial charge on any atom is 0.130 e. The number of hydrogen-bond donors (Lipinski definition) is 2. The quantitative estimate of drug-likeness (QED) is 0.406. The average Bonchev–Trinajstić information content (AvgIpc) is 3.19. The molecule has 1 atom stereocenters. The van der Waals surface area contributed by atoms with E-state index in [1.165, 1.54) is 0 Å². The molecule has 31 heavy (non-hydrogen) atoms. The standard InChI is InChI=1S/C24H26N4O2S/c1-15(17-6-5-7-19(10-17)30-13-24(3,4)29)26-23-12-21(27-16(2)28-23)18-8-9-20-22(11-18)31-14-25-20/h5-12,14-15,29H,13H2,1-4H3,(H,26,27,28). The Kier molecular flexibility index (Phi) is 5.89. The number of aliphatic hydroxyl groups is 1. The van der Waals surface area contributed by atoms with Gasteiger partial charge in [-0.2, -0.15) is 0 Å². The molecule has 0 spiro atoms. The number of aryl methyl sites for hydroxylation is 1. The Morgan fingerprint density at radius 2 is 1.97 bits per heavy atom. The van der Waals surface area contributed by atoms with Gasteiger partial charge in [-0.05, 0) is 57.5 Å². The van der Waals surface area contributed by atoms with Crippen LogP contribution in [0.25, 0.3) is 21.5 Å². The van der Waals surface area contributed by atoms with E-state index in [1.54, 1.807) is 25.2 Å². The van der Waals surface area contributed by atoms with Gasteiger partial charge in [0.2, 0.25) is 0 Å². The molecule has 0 saturated carbocycles. The monoisotopic (exact) mass is 434 g/mol. The third kappa shape index (κ3) is 5.37. The predicted octanol–water partition coefficient (Wildman–Crippen LogP) is 5.38. The average molecular weight is 435 g/mol. The Bertz CT molecular complexity index is 1200. The van der Waals surface area contributed by atoms with Crippen molar-refractivity contribution in [2.75, 3.05) is 11.9 Å². The van der Waals surface area contributed by atoms with E-state index in [2.05, 4.69) is 33.3 Å². The van der Waals surface area contributed by atoms with Crippen LogP contribution in [0.4, 0.5) is 5.82 Å². The zero-order chi connectivity index (χ0) is 22.0. The highest BCUT2D eigenvalue weighted by molar-refractivity contribution is 7.16. The van der Waals surface area contributed by atoms with Gasteiger partial charge in [0.25, 0.3) is 0 Å². The van der Waals surface area contributed by atoms with E-state index in [9.17, 15) is 5.11 Å². The number of hydrogen-bond acceptors (Lipinski definition) is 7. The maximum atomic E-state index is 9.89. The van der Waals surface area contributed by atoms with Crippen molar-refractivity contribution in [3.63, 3.8) is 0 Å². The van der Waals surface area contributed by atoms with Crippen molar-refractivity contribution in [3.8, 4) is 17.0 Å². The van der Waals surface area contributed by atoms with Crippen LogP contribution in [0.5, 0.6) is 5.75 Å². The molecule has 0 amide bonds. The number of rotatable bonds is 7. The van der Waals surface area contributed by atoms with Crippen LogP contribution < -0.4 is 10.1 Å². The zero-order valence-electron chi connectivity index (χ0n) is 18.1. The Morgan fingerprint density at radius 3 is 2.77 bits per heavy atom. The Hall–Kier alpha value is -3.03. The molecule has 0 saturated heterocycles. The van der Waals surface area contributed by atoms with Gasteiger partial charge in [0, 0.05) is 11.6 Å². The Balaban J connectivity index is 1.54. The van der Waals surface area contributed by atoms with Gasteiger partial charge in [-0.1, -0.05) is 18.2 Å². The number of anilines is 1. The highest BCUT2D eigenvalue weighted by Gasteiger charge is 2.15. The lowest BCUT2D eigenvalue weighted by atomic mass is 10.1. The zero-order valence-corrected chi connectivity index (χ0v) is 18.9. The molecule has 4 aromatic rings. The molecule has 4 rings (SSSR count). The first-order chi connectivity index (χ1) is 14.8. The molecule has 6 nitrogen and oxygen atoms in total. The first-order valence-electron chi connectivity index (χ1n) is 10.2. The summed E-state index contributed by atoms with van der Waals surface area (Å²) in [5.74, 6) is 2.20. The molecule has 0 aliphatic rings. The van der Waals surface area contributed by atoms with Gasteiger partial charge >= 0.3 is 0 Å². The molecule has 7 heteroatoms. The normalized spacial score (nSPS) is 12.7. The maximum absolute atomic E-state index is 9.89. The summed E-state index contributed by atoms with van der Waals surface area (Å²) in [5, 5.41) is 13.4. The lowest BCUT2D eigenvalue weighted by Crippen LogP contribution is -2.27. The van der Waals surface area contributed by atoms with Crippen molar-refractivity contribution in [1.82, 2.24) is 15.0 Å². The van der Waals surface area contributed by atoms with Crippen molar-refractivity contribution >= 4 is 27.4 Å². The molecule has 2 aromatic carbocycles. The van der Waals surface area contributed by atoms with Crippen LogP contribution in [0.3, 0.4) is 0 Å². The van der Waals surface area contributed by atoms with Crippen LogP contribution in [0.15, 0.2) is 54.0 Å². The van der Waals surface area contributed by atoms with E-state index in [4.69, 9.17) is 4.74 Å². The van der Waals surface area contributed by atoms with Crippen molar-refractivity contribution in [2.45, 2.75) is 39.3 Å². The summed E-state index contributed by atoms with van der Waals surface area (Å²) in [6.45, 7) is 7.66. The molecule has 0 fully saturated rings. The number of fused-ring (bicyclic) bond motifs is 1.